The second-order valence-corrected chi connectivity index (χ2v) is 9.26. The molecule has 0 aliphatic carbocycles. The second kappa shape index (κ2) is 13.3. The summed E-state index contributed by atoms with van der Waals surface area (Å²) in [5, 5.41) is 10.8. The Kier molecular flexibility index (Phi) is 9.63. The van der Waals surface area contributed by atoms with Gasteiger partial charge in [-0.1, -0.05) is 0 Å². The van der Waals surface area contributed by atoms with Gasteiger partial charge in [-0.2, -0.15) is 13.2 Å². The topological polar surface area (TPSA) is 117 Å². The summed E-state index contributed by atoms with van der Waals surface area (Å²) in [6.07, 6.45) is -3.15. The molecule has 2 heterocycles. The lowest BCUT2D eigenvalue weighted by molar-refractivity contribution is -0.138. The van der Waals surface area contributed by atoms with Gasteiger partial charge in [0.25, 0.3) is 5.91 Å². The van der Waals surface area contributed by atoms with Gasteiger partial charge >= 0.3 is 12.2 Å². The highest BCUT2D eigenvalue weighted by Gasteiger charge is 2.33. The van der Waals surface area contributed by atoms with Gasteiger partial charge in [-0.25, -0.2) is 4.79 Å². The number of carbonyl (C=O) groups excluding carboxylic acids is 2. The van der Waals surface area contributed by atoms with Crippen molar-refractivity contribution < 1.29 is 32.2 Å². The lowest BCUT2D eigenvalue weighted by atomic mass is 10.1. The molecule has 1 fully saturated rings. The molecule has 41 heavy (non-hydrogen) atoms. The largest absolute Gasteiger partial charge is 0.490 e. The maximum absolute atomic E-state index is 13.6. The highest BCUT2D eigenvalue weighted by Crippen LogP contribution is 2.38. The van der Waals surface area contributed by atoms with Crippen LogP contribution in [-0.2, 0) is 6.18 Å². The molecule has 3 aromatic rings. The quantitative estimate of drug-likeness (QED) is 0.299. The van der Waals surface area contributed by atoms with E-state index in [1.807, 2.05) is 0 Å². The van der Waals surface area contributed by atoms with Crippen molar-refractivity contribution in [2.24, 2.45) is 0 Å². The molecule has 2 aromatic carbocycles. The Hall–Kier alpha value is -4.36. The number of benzene rings is 2. The minimum absolute atomic E-state index is 0.00661. The molecule has 0 spiro atoms. The summed E-state index contributed by atoms with van der Waals surface area (Å²) in [6.45, 7) is 5.65. The van der Waals surface area contributed by atoms with Gasteiger partial charge in [-0.3, -0.25) is 14.7 Å². The standard InChI is InChI=1S/C28H31F3N6O4/c1-18-15-25(40-14-13-37-11-9-33-10-12-37)23(17-22(18)28(29,30)31)36-27(39)35-19-3-5-20(6-4-19)41-21-7-8-34-24(16-21)26(38)32-2/h3-8,15-17,33H,9-14H2,1-2H3,(H,32,38)(H2,35,36,39). The van der Waals surface area contributed by atoms with Gasteiger partial charge in [0.05, 0.1) is 11.3 Å². The molecule has 1 aromatic heterocycles. The highest BCUT2D eigenvalue weighted by molar-refractivity contribution is 6.00. The summed E-state index contributed by atoms with van der Waals surface area (Å²) >= 11 is 0. The second-order valence-electron chi connectivity index (χ2n) is 9.26. The molecule has 3 amide bonds. The van der Waals surface area contributed by atoms with Gasteiger partial charge in [0.2, 0.25) is 0 Å². The SMILES string of the molecule is CNC(=O)c1cc(Oc2ccc(NC(=O)Nc3cc(C(F)(F)F)c(C)cc3OCCN3CCNCC3)cc2)ccn1. The Morgan fingerprint density at radius 1 is 1.02 bits per heavy atom. The molecule has 10 nitrogen and oxygen atoms in total. The van der Waals surface area contributed by atoms with Gasteiger partial charge in [0.15, 0.2) is 0 Å². The molecule has 0 atom stereocenters. The van der Waals surface area contributed by atoms with Gasteiger partial charge in [0, 0.05) is 57.7 Å². The van der Waals surface area contributed by atoms with Crippen molar-refractivity contribution in [1.29, 1.82) is 0 Å². The van der Waals surface area contributed by atoms with Crippen LogP contribution in [-0.4, -0.2) is 68.2 Å². The minimum atomic E-state index is -4.60. The maximum atomic E-state index is 13.6. The molecule has 1 saturated heterocycles. The first-order chi connectivity index (χ1) is 19.6. The van der Waals surface area contributed by atoms with Crippen molar-refractivity contribution in [3.8, 4) is 17.2 Å². The number of halogens is 3. The lowest BCUT2D eigenvalue weighted by Gasteiger charge is -2.27. The lowest BCUT2D eigenvalue weighted by Crippen LogP contribution is -2.44. The van der Waals surface area contributed by atoms with E-state index in [0.29, 0.717) is 23.7 Å². The molecule has 1 aliphatic rings. The number of nitrogens with one attached hydrogen (secondary N) is 4. The molecular weight excluding hydrogens is 541 g/mol. The van der Waals surface area contributed by atoms with Crippen LogP contribution in [0.25, 0.3) is 0 Å². The van der Waals surface area contributed by atoms with Crippen LogP contribution in [0.2, 0.25) is 0 Å². The normalized spacial score (nSPS) is 13.8. The number of rotatable bonds is 9. The number of anilines is 2. The summed E-state index contributed by atoms with van der Waals surface area (Å²) < 4.78 is 52.4. The predicted octanol–water partition coefficient (Wildman–Crippen LogP) is 4.49. The number of hydrogen-bond donors (Lipinski definition) is 4. The van der Waals surface area contributed by atoms with Gasteiger partial charge < -0.3 is 30.7 Å². The number of urea groups is 1. The monoisotopic (exact) mass is 572 g/mol. The number of amides is 3. The number of nitrogens with zero attached hydrogens (tertiary/aromatic N) is 2. The molecule has 4 rings (SSSR count). The Labute approximate surface area is 235 Å². The predicted molar refractivity (Wildman–Crippen MR) is 148 cm³/mol. The first kappa shape index (κ1) is 29.6. The average Bonchev–Trinajstić information content (AvgIpc) is 2.95. The van der Waals surface area contributed by atoms with E-state index < -0.39 is 17.8 Å². The summed E-state index contributed by atoms with van der Waals surface area (Å²) in [7, 11) is 1.50. The van der Waals surface area contributed by atoms with Crippen molar-refractivity contribution in [2.45, 2.75) is 13.1 Å². The van der Waals surface area contributed by atoms with Crippen molar-refractivity contribution >= 4 is 23.3 Å². The van der Waals surface area contributed by atoms with E-state index in [4.69, 9.17) is 9.47 Å². The number of ether oxygens (including phenoxy) is 2. The molecule has 0 unspecified atom stereocenters. The fourth-order valence-corrected chi connectivity index (χ4v) is 4.18. The number of aromatic nitrogens is 1. The van der Waals surface area contributed by atoms with Gasteiger partial charge in [-0.05, 0) is 55.0 Å². The number of piperazine rings is 1. The number of hydrogen-bond acceptors (Lipinski definition) is 7. The van der Waals surface area contributed by atoms with Crippen molar-refractivity contribution in [1.82, 2.24) is 20.5 Å². The Bertz CT molecular complexity index is 1360. The van der Waals surface area contributed by atoms with Gasteiger partial charge in [0.1, 0.15) is 29.5 Å². The maximum Gasteiger partial charge on any atom is 0.416 e. The summed E-state index contributed by atoms with van der Waals surface area (Å²) in [4.78, 5) is 30.7. The zero-order valence-electron chi connectivity index (χ0n) is 22.6. The zero-order valence-corrected chi connectivity index (χ0v) is 22.6. The molecule has 218 valence electrons. The molecule has 13 heteroatoms. The molecule has 4 N–H and O–H groups in total. The highest BCUT2D eigenvalue weighted by atomic mass is 19.4. The Morgan fingerprint density at radius 2 is 1.76 bits per heavy atom. The van der Waals surface area contributed by atoms with Crippen LogP contribution in [0, 0.1) is 6.92 Å². The fourth-order valence-electron chi connectivity index (χ4n) is 4.18. The third kappa shape index (κ3) is 8.32. The Morgan fingerprint density at radius 3 is 2.44 bits per heavy atom. The van der Waals surface area contributed by atoms with Crippen LogP contribution in [0.4, 0.5) is 29.3 Å². The van der Waals surface area contributed by atoms with E-state index in [2.05, 4.69) is 31.2 Å². The van der Waals surface area contributed by atoms with Crippen LogP contribution in [0.15, 0.2) is 54.7 Å². The number of pyridine rings is 1. The zero-order chi connectivity index (χ0) is 29.4. The van der Waals surface area contributed by atoms with E-state index in [0.717, 1.165) is 32.2 Å². The van der Waals surface area contributed by atoms with Crippen LogP contribution >= 0.6 is 0 Å². The first-order valence-corrected chi connectivity index (χ1v) is 12.9. The number of alkyl halides is 3. The molecule has 0 radical (unpaired) electrons. The van der Waals surface area contributed by atoms with Crippen molar-refractivity contribution in [3.63, 3.8) is 0 Å². The molecule has 0 bridgehead atoms. The van der Waals surface area contributed by atoms with Crippen LogP contribution in [0.1, 0.15) is 21.6 Å². The average molecular weight is 573 g/mol. The van der Waals surface area contributed by atoms with E-state index >= 15 is 0 Å². The number of carbonyl (C=O) groups is 2. The van der Waals surface area contributed by atoms with Crippen molar-refractivity contribution in [3.05, 3.63) is 71.5 Å². The summed E-state index contributed by atoms with van der Waals surface area (Å²) in [6, 6.07) is 10.8. The van der Waals surface area contributed by atoms with Crippen LogP contribution < -0.4 is 30.7 Å². The molecule has 1 aliphatic heterocycles. The van der Waals surface area contributed by atoms with E-state index in [-0.39, 0.29) is 35.2 Å². The summed E-state index contributed by atoms with van der Waals surface area (Å²) in [5.41, 5.74) is -0.394. The van der Waals surface area contributed by atoms with E-state index in [9.17, 15) is 22.8 Å². The Balaban J connectivity index is 1.41. The summed E-state index contributed by atoms with van der Waals surface area (Å²) in [5.74, 6) is 0.614. The van der Waals surface area contributed by atoms with E-state index in [1.165, 1.54) is 32.3 Å². The fraction of sp³-hybridized carbons (Fsp3) is 0.321. The number of aryl methyl sites for hydroxylation is 1. The van der Waals surface area contributed by atoms with Crippen LogP contribution in [0.5, 0.6) is 17.2 Å². The van der Waals surface area contributed by atoms with Crippen LogP contribution in [0.3, 0.4) is 0 Å². The van der Waals surface area contributed by atoms with Gasteiger partial charge in [-0.15, -0.1) is 0 Å². The molecule has 0 saturated carbocycles. The first-order valence-electron chi connectivity index (χ1n) is 12.9. The third-order valence-corrected chi connectivity index (χ3v) is 6.29. The van der Waals surface area contributed by atoms with Crippen molar-refractivity contribution in [2.75, 3.05) is 57.0 Å². The smallest absolute Gasteiger partial charge is 0.416 e. The third-order valence-electron chi connectivity index (χ3n) is 6.29. The minimum Gasteiger partial charge on any atom is -0.490 e. The van der Waals surface area contributed by atoms with E-state index in [1.54, 1.807) is 30.3 Å². The molecular formula is C28H31F3N6O4.